The van der Waals surface area contributed by atoms with Gasteiger partial charge in [-0.25, -0.2) is 0 Å². The SMILES string of the molecule is O/N=C/COc1ccccc1Cl. The van der Waals surface area contributed by atoms with Crippen LogP contribution < -0.4 is 4.74 Å². The highest BCUT2D eigenvalue weighted by Crippen LogP contribution is 2.22. The van der Waals surface area contributed by atoms with Gasteiger partial charge in [-0.15, -0.1) is 0 Å². The molecule has 0 radical (unpaired) electrons. The minimum atomic E-state index is 0.209. The van der Waals surface area contributed by atoms with Crippen LogP contribution in [0.15, 0.2) is 29.4 Å². The normalized spacial score (nSPS) is 10.4. The zero-order chi connectivity index (χ0) is 8.81. The second kappa shape index (κ2) is 4.62. The van der Waals surface area contributed by atoms with E-state index in [1.54, 1.807) is 12.1 Å². The summed E-state index contributed by atoms with van der Waals surface area (Å²) in [4.78, 5) is 0. The van der Waals surface area contributed by atoms with Gasteiger partial charge in [-0.2, -0.15) is 0 Å². The molecule has 4 heteroatoms. The Morgan fingerprint density at radius 2 is 2.25 bits per heavy atom. The third-order valence-electron chi connectivity index (χ3n) is 1.23. The molecule has 1 N–H and O–H groups in total. The number of benzene rings is 1. The van der Waals surface area contributed by atoms with Gasteiger partial charge in [-0.3, -0.25) is 0 Å². The highest BCUT2D eigenvalue weighted by molar-refractivity contribution is 6.32. The minimum absolute atomic E-state index is 0.209. The minimum Gasteiger partial charge on any atom is -0.486 e. The Morgan fingerprint density at radius 3 is 2.92 bits per heavy atom. The summed E-state index contributed by atoms with van der Waals surface area (Å²) in [6.07, 6.45) is 1.24. The van der Waals surface area contributed by atoms with E-state index in [2.05, 4.69) is 5.16 Å². The molecular weight excluding hydrogens is 178 g/mol. The zero-order valence-electron chi connectivity index (χ0n) is 6.27. The number of rotatable bonds is 3. The van der Waals surface area contributed by atoms with Crippen molar-refractivity contribution in [1.82, 2.24) is 0 Å². The first kappa shape index (κ1) is 8.87. The highest BCUT2D eigenvalue weighted by atomic mass is 35.5. The first-order valence-electron chi connectivity index (χ1n) is 3.38. The van der Waals surface area contributed by atoms with E-state index in [9.17, 15) is 0 Å². The van der Waals surface area contributed by atoms with Crippen LogP contribution in [0.3, 0.4) is 0 Å². The molecule has 0 spiro atoms. The number of oxime groups is 1. The summed E-state index contributed by atoms with van der Waals surface area (Å²) in [5.41, 5.74) is 0. The van der Waals surface area contributed by atoms with Gasteiger partial charge < -0.3 is 9.94 Å². The Kier molecular flexibility index (Phi) is 3.41. The van der Waals surface area contributed by atoms with Crippen molar-refractivity contribution >= 4 is 17.8 Å². The van der Waals surface area contributed by atoms with E-state index < -0.39 is 0 Å². The van der Waals surface area contributed by atoms with Crippen molar-refractivity contribution in [3.05, 3.63) is 29.3 Å². The molecular formula is C8H8ClNO2. The van der Waals surface area contributed by atoms with Crippen LogP contribution in [0, 0.1) is 0 Å². The van der Waals surface area contributed by atoms with Gasteiger partial charge in [-0.1, -0.05) is 28.9 Å². The molecule has 0 atom stereocenters. The molecule has 1 rings (SSSR count). The lowest BCUT2D eigenvalue weighted by Gasteiger charge is -2.03. The summed E-state index contributed by atoms with van der Waals surface area (Å²) in [6, 6.07) is 7.10. The number of nitrogens with zero attached hydrogens (tertiary/aromatic N) is 1. The van der Waals surface area contributed by atoms with Crippen LogP contribution in [0.25, 0.3) is 0 Å². The molecule has 0 fully saturated rings. The van der Waals surface area contributed by atoms with Crippen LogP contribution in [0.5, 0.6) is 5.75 Å². The number of para-hydroxylation sites is 1. The van der Waals surface area contributed by atoms with E-state index in [1.165, 1.54) is 6.21 Å². The summed E-state index contributed by atoms with van der Waals surface area (Å²) in [5.74, 6) is 0.582. The fourth-order valence-corrected chi connectivity index (χ4v) is 0.912. The maximum Gasteiger partial charge on any atom is 0.138 e. The first-order valence-corrected chi connectivity index (χ1v) is 3.75. The van der Waals surface area contributed by atoms with Crippen LogP contribution in [0.1, 0.15) is 0 Å². The fraction of sp³-hybridized carbons (Fsp3) is 0.125. The molecule has 0 aliphatic rings. The Morgan fingerprint density at radius 1 is 1.50 bits per heavy atom. The topological polar surface area (TPSA) is 41.8 Å². The predicted molar refractivity (Wildman–Crippen MR) is 47.2 cm³/mol. The highest BCUT2D eigenvalue weighted by Gasteiger charge is 1.96. The van der Waals surface area contributed by atoms with Gasteiger partial charge in [0.15, 0.2) is 0 Å². The Labute approximate surface area is 75.2 Å². The molecule has 0 heterocycles. The molecule has 0 bridgehead atoms. The molecule has 3 nitrogen and oxygen atoms in total. The Bertz CT molecular complexity index is 276. The lowest BCUT2D eigenvalue weighted by atomic mass is 10.3. The molecule has 0 unspecified atom stereocenters. The van der Waals surface area contributed by atoms with Gasteiger partial charge in [0, 0.05) is 0 Å². The maximum absolute atomic E-state index is 8.07. The van der Waals surface area contributed by atoms with E-state index in [4.69, 9.17) is 21.5 Å². The van der Waals surface area contributed by atoms with Gasteiger partial charge >= 0.3 is 0 Å². The van der Waals surface area contributed by atoms with Gasteiger partial charge in [-0.05, 0) is 12.1 Å². The van der Waals surface area contributed by atoms with Crippen LogP contribution in [0.2, 0.25) is 5.02 Å². The van der Waals surface area contributed by atoms with Crippen LogP contribution in [-0.4, -0.2) is 18.0 Å². The van der Waals surface area contributed by atoms with E-state index in [0.717, 1.165) is 0 Å². The molecule has 0 aliphatic heterocycles. The van der Waals surface area contributed by atoms with Crippen molar-refractivity contribution in [3.8, 4) is 5.75 Å². The summed E-state index contributed by atoms with van der Waals surface area (Å²) >= 11 is 5.77. The number of hydrogen-bond donors (Lipinski definition) is 1. The third-order valence-corrected chi connectivity index (χ3v) is 1.54. The Balaban J connectivity index is 2.57. The van der Waals surface area contributed by atoms with Crippen molar-refractivity contribution in [2.75, 3.05) is 6.61 Å². The van der Waals surface area contributed by atoms with Crippen molar-refractivity contribution in [1.29, 1.82) is 0 Å². The number of halogens is 1. The fourth-order valence-electron chi connectivity index (χ4n) is 0.722. The third kappa shape index (κ3) is 2.43. The molecule has 1 aromatic carbocycles. The average molecular weight is 186 g/mol. The average Bonchev–Trinajstić information content (AvgIpc) is 2.09. The summed E-state index contributed by atoms with van der Waals surface area (Å²) in [7, 11) is 0. The standard InChI is InChI=1S/C8H8ClNO2/c9-7-3-1-2-4-8(7)12-6-5-10-11/h1-5,11H,6H2/b10-5+. The number of ether oxygens (including phenoxy) is 1. The van der Waals surface area contributed by atoms with E-state index in [1.807, 2.05) is 12.1 Å². The first-order chi connectivity index (χ1) is 5.84. The maximum atomic E-state index is 8.07. The molecule has 0 aliphatic carbocycles. The van der Waals surface area contributed by atoms with Crippen LogP contribution >= 0.6 is 11.6 Å². The van der Waals surface area contributed by atoms with Crippen molar-refractivity contribution < 1.29 is 9.94 Å². The second-order valence-electron chi connectivity index (χ2n) is 2.04. The van der Waals surface area contributed by atoms with E-state index >= 15 is 0 Å². The largest absolute Gasteiger partial charge is 0.486 e. The van der Waals surface area contributed by atoms with Gasteiger partial charge in [0.1, 0.15) is 12.4 Å². The van der Waals surface area contributed by atoms with Crippen molar-refractivity contribution in [2.45, 2.75) is 0 Å². The number of hydrogen-bond acceptors (Lipinski definition) is 3. The summed E-state index contributed by atoms with van der Waals surface area (Å²) in [6.45, 7) is 0.209. The zero-order valence-corrected chi connectivity index (χ0v) is 7.03. The summed E-state index contributed by atoms with van der Waals surface area (Å²) in [5, 5.41) is 11.4. The smallest absolute Gasteiger partial charge is 0.138 e. The second-order valence-corrected chi connectivity index (χ2v) is 2.45. The van der Waals surface area contributed by atoms with E-state index in [-0.39, 0.29) is 6.61 Å². The molecule has 0 amide bonds. The van der Waals surface area contributed by atoms with Gasteiger partial charge in [0.05, 0.1) is 11.2 Å². The molecule has 12 heavy (non-hydrogen) atoms. The van der Waals surface area contributed by atoms with Gasteiger partial charge in [0.25, 0.3) is 0 Å². The lowest BCUT2D eigenvalue weighted by Crippen LogP contribution is -1.98. The van der Waals surface area contributed by atoms with Crippen molar-refractivity contribution in [3.63, 3.8) is 0 Å². The van der Waals surface area contributed by atoms with Crippen molar-refractivity contribution in [2.24, 2.45) is 5.16 Å². The lowest BCUT2D eigenvalue weighted by molar-refractivity contribution is 0.312. The predicted octanol–water partition coefficient (Wildman–Crippen LogP) is 2.18. The monoisotopic (exact) mass is 185 g/mol. The summed E-state index contributed by atoms with van der Waals surface area (Å²) < 4.78 is 5.14. The molecule has 0 aromatic heterocycles. The Hall–Kier alpha value is -1.22. The van der Waals surface area contributed by atoms with Gasteiger partial charge in [0.2, 0.25) is 0 Å². The molecule has 0 saturated carbocycles. The molecule has 1 aromatic rings. The van der Waals surface area contributed by atoms with E-state index in [0.29, 0.717) is 10.8 Å². The van der Waals surface area contributed by atoms with Crippen LogP contribution in [0.4, 0.5) is 0 Å². The quantitative estimate of drug-likeness (QED) is 0.446. The molecule has 64 valence electrons. The van der Waals surface area contributed by atoms with Crippen LogP contribution in [-0.2, 0) is 0 Å². The molecule has 0 saturated heterocycles.